The van der Waals surface area contributed by atoms with Crippen LogP contribution in [0.2, 0.25) is 0 Å². The number of nitrogens with zero attached hydrogens (tertiary/aromatic N) is 4. The highest BCUT2D eigenvalue weighted by Gasteiger charge is 2.36. The molecule has 3 heterocycles. The van der Waals surface area contributed by atoms with E-state index in [9.17, 15) is 4.79 Å². The summed E-state index contributed by atoms with van der Waals surface area (Å²) < 4.78 is 15.9. The molecule has 140 valence electrons. The molecule has 2 aromatic rings. The lowest BCUT2D eigenvalue weighted by atomic mass is 9.95. The van der Waals surface area contributed by atoms with Gasteiger partial charge in [0.25, 0.3) is 5.91 Å². The SMILES string of the molecule is COCCc1noc(C2CCCCN2C(=O)c2noc3c2CCCC3)n1. The lowest BCUT2D eigenvalue weighted by Gasteiger charge is -2.33. The van der Waals surface area contributed by atoms with Crippen molar-refractivity contribution in [2.75, 3.05) is 20.3 Å². The van der Waals surface area contributed by atoms with Crippen LogP contribution in [0.5, 0.6) is 0 Å². The average molecular weight is 360 g/mol. The second-order valence-corrected chi connectivity index (χ2v) is 6.94. The molecule has 0 bridgehead atoms. The zero-order chi connectivity index (χ0) is 17.9. The van der Waals surface area contributed by atoms with Gasteiger partial charge in [0.15, 0.2) is 11.5 Å². The van der Waals surface area contributed by atoms with Crippen LogP contribution in [0.15, 0.2) is 9.05 Å². The van der Waals surface area contributed by atoms with Gasteiger partial charge in [0, 0.05) is 32.1 Å². The van der Waals surface area contributed by atoms with E-state index in [2.05, 4.69) is 15.3 Å². The molecule has 1 fully saturated rings. The molecule has 1 aliphatic carbocycles. The minimum atomic E-state index is -0.198. The van der Waals surface area contributed by atoms with Crippen LogP contribution in [-0.4, -0.2) is 46.4 Å². The number of fused-ring (bicyclic) bond motifs is 1. The van der Waals surface area contributed by atoms with Crippen LogP contribution >= 0.6 is 0 Å². The maximum absolute atomic E-state index is 13.2. The summed E-state index contributed by atoms with van der Waals surface area (Å²) in [6, 6.07) is -0.198. The molecule has 0 radical (unpaired) electrons. The number of carbonyl (C=O) groups excluding carboxylic acids is 1. The van der Waals surface area contributed by atoms with Crippen molar-refractivity contribution in [1.29, 1.82) is 0 Å². The van der Waals surface area contributed by atoms with E-state index in [0.29, 0.717) is 37.0 Å². The number of carbonyl (C=O) groups is 1. The normalized spacial score (nSPS) is 20.2. The van der Waals surface area contributed by atoms with Crippen LogP contribution < -0.4 is 0 Å². The van der Waals surface area contributed by atoms with Crippen molar-refractivity contribution in [3.63, 3.8) is 0 Å². The van der Waals surface area contributed by atoms with Crippen molar-refractivity contribution in [2.24, 2.45) is 0 Å². The van der Waals surface area contributed by atoms with Gasteiger partial charge in [0.2, 0.25) is 5.89 Å². The average Bonchev–Trinajstić information content (AvgIpc) is 3.33. The lowest BCUT2D eigenvalue weighted by Crippen LogP contribution is -2.39. The third-order valence-corrected chi connectivity index (χ3v) is 5.22. The van der Waals surface area contributed by atoms with Crippen molar-refractivity contribution in [1.82, 2.24) is 20.2 Å². The third kappa shape index (κ3) is 3.25. The molecule has 1 aliphatic heterocycles. The van der Waals surface area contributed by atoms with Crippen LogP contribution in [0.3, 0.4) is 0 Å². The third-order valence-electron chi connectivity index (χ3n) is 5.22. The van der Waals surface area contributed by atoms with Gasteiger partial charge in [-0.25, -0.2) is 0 Å². The number of hydrogen-bond donors (Lipinski definition) is 0. The molecule has 0 N–H and O–H groups in total. The Balaban J connectivity index is 1.56. The van der Waals surface area contributed by atoms with E-state index in [1.54, 1.807) is 7.11 Å². The number of piperidine rings is 1. The first-order chi connectivity index (χ1) is 12.8. The number of methoxy groups -OCH3 is 1. The smallest absolute Gasteiger partial charge is 0.277 e. The molecular formula is C18H24N4O4. The highest BCUT2D eigenvalue weighted by Crippen LogP contribution is 2.33. The molecule has 0 aromatic carbocycles. The van der Waals surface area contributed by atoms with Crippen LogP contribution in [-0.2, 0) is 24.0 Å². The molecule has 2 aromatic heterocycles. The summed E-state index contributed by atoms with van der Waals surface area (Å²) in [5.74, 6) is 1.89. The Hall–Kier alpha value is -2.22. The molecule has 0 saturated carbocycles. The maximum Gasteiger partial charge on any atom is 0.277 e. The minimum absolute atomic E-state index is 0.0850. The summed E-state index contributed by atoms with van der Waals surface area (Å²) in [5, 5.41) is 8.11. The fourth-order valence-corrected chi connectivity index (χ4v) is 3.82. The summed E-state index contributed by atoms with van der Waals surface area (Å²) in [4.78, 5) is 19.5. The first-order valence-electron chi connectivity index (χ1n) is 9.37. The molecule has 26 heavy (non-hydrogen) atoms. The minimum Gasteiger partial charge on any atom is -0.384 e. The lowest BCUT2D eigenvalue weighted by molar-refractivity contribution is 0.0550. The van der Waals surface area contributed by atoms with E-state index < -0.39 is 0 Å². The Labute approximate surface area is 151 Å². The fourth-order valence-electron chi connectivity index (χ4n) is 3.82. The molecule has 1 unspecified atom stereocenters. The molecular weight excluding hydrogens is 336 g/mol. The highest BCUT2D eigenvalue weighted by molar-refractivity contribution is 5.94. The molecule has 4 rings (SSSR count). The Morgan fingerprint density at radius 3 is 2.96 bits per heavy atom. The van der Waals surface area contributed by atoms with Gasteiger partial charge < -0.3 is 18.7 Å². The number of ether oxygens (including phenoxy) is 1. The predicted molar refractivity (Wildman–Crippen MR) is 90.7 cm³/mol. The molecule has 0 spiro atoms. The molecule has 8 nitrogen and oxygen atoms in total. The summed E-state index contributed by atoms with van der Waals surface area (Å²) in [6.07, 6.45) is 7.30. The van der Waals surface area contributed by atoms with Gasteiger partial charge in [0.05, 0.1) is 6.61 Å². The molecule has 1 saturated heterocycles. The molecule has 1 atom stereocenters. The van der Waals surface area contributed by atoms with Crippen molar-refractivity contribution in [3.05, 3.63) is 28.7 Å². The van der Waals surface area contributed by atoms with Gasteiger partial charge in [-0.2, -0.15) is 4.98 Å². The van der Waals surface area contributed by atoms with Gasteiger partial charge in [0.1, 0.15) is 11.8 Å². The van der Waals surface area contributed by atoms with Gasteiger partial charge in [-0.3, -0.25) is 4.79 Å². The zero-order valence-corrected chi connectivity index (χ0v) is 15.1. The van der Waals surface area contributed by atoms with Gasteiger partial charge in [-0.15, -0.1) is 0 Å². The first kappa shape index (κ1) is 17.2. The summed E-state index contributed by atoms with van der Waals surface area (Å²) in [7, 11) is 1.64. The second kappa shape index (κ2) is 7.57. The van der Waals surface area contributed by atoms with E-state index >= 15 is 0 Å². The van der Waals surface area contributed by atoms with E-state index in [1.165, 1.54) is 0 Å². The van der Waals surface area contributed by atoms with E-state index in [0.717, 1.165) is 56.3 Å². The Morgan fingerprint density at radius 1 is 1.19 bits per heavy atom. The van der Waals surface area contributed by atoms with E-state index in [-0.39, 0.29) is 11.9 Å². The van der Waals surface area contributed by atoms with Crippen molar-refractivity contribution < 1.29 is 18.6 Å². The number of rotatable bonds is 5. The standard InChI is InChI=1S/C18H24N4O4/c1-24-11-9-15-19-17(26-20-15)13-7-4-5-10-22(13)18(23)16-12-6-2-3-8-14(12)25-21-16/h13H,2-11H2,1H3. The highest BCUT2D eigenvalue weighted by atomic mass is 16.5. The number of aryl methyl sites for hydroxylation is 1. The van der Waals surface area contributed by atoms with Gasteiger partial charge in [-0.1, -0.05) is 10.3 Å². The molecule has 2 aliphatic rings. The molecule has 1 amide bonds. The van der Waals surface area contributed by atoms with Crippen LogP contribution in [0.25, 0.3) is 0 Å². The second-order valence-electron chi connectivity index (χ2n) is 6.94. The molecule has 8 heteroatoms. The van der Waals surface area contributed by atoms with Gasteiger partial charge in [-0.05, 0) is 38.5 Å². The van der Waals surface area contributed by atoms with Crippen LogP contribution in [0.1, 0.15) is 71.7 Å². The number of amides is 1. The van der Waals surface area contributed by atoms with Crippen LogP contribution in [0, 0.1) is 0 Å². The topological polar surface area (TPSA) is 94.5 Å². The number of aromatic nitrogens is 3. The fraction of sp³-hybridized carbons (Fsp3) is 0.667. The van der Waals surface area contributed by atoms with E-state index in [1.807, 2.05) is 4.90 Å². The Bertz CT molecular complexity index is 769. The number of likely N-dealkylation sites (tertiary alicyclic amines) is 1. The Morgan fingerprint density at radius 2 is 2.08 bits per heavy atom. The van der Waals surface area contributed by atoms with Crippen molar-refractivity contribution in [2.45, 2.75) is 57.4 Å². The van der Waals surface area contributed by atoms with Crippen molar-refractivity contribution >= 4 is 5.91 Å². The summed E-state index contributed by atoms with van der Waals surface area (Å²) >= 11 is 0. The van der Waals surface area contributed by atoms with Gasteiger partial charge >= 0.3 is 0 Å². The summed E-state index contributed by atoms with van der Waals surface area (Å²) in [5.41, 5.74) is 1.45. The number of hydrogen-bond acceptors (Lipinski definition) is 7. The largest absolute Gasteiger partial charge is 0.384 e. The monoisotopic (exact) mass is 360 g/mol. The maximum atomic E-state index is 13.2. The Kier molecular flexibility index (Phi) is 5.01. The van der Waals surface area contributed by atoms with E-state index in [4.69, 9.17) is 13.8 Å². The quantitative estimate of drug-likeness (QED) is 0.808. The van der Waals surface area contributed by atoms with Crippen LogP contribution in [0.4, 0.5) is 0 Å². The van der Waals surface area contributed by atoms with Crippen molar-refractivity contribution in [3.8, 4) is 0 Å². The first-order valence-corrected chi connectivity index (χ1v) is 9.37. The summed E-state index contributed by atoms with van der Waals surface area (Å²) in [6.45, 7) is 1.21. The zero-order valence-electron chi connectivity index (χ0n) is 15.1. The predicted octanol–water partition coefficient (Wildman–Crippen LogP) is 2.49.